The Kier molecular flexibility index (Phi) is 4.28. The van der Waals surface area contributed by atoms with Crippen molar-refractivity contribution >= 4 is 23.2 Å². The maximum Gasteiger partial charge on any atom is 0.0595 e. The van der Waals surface area contributed by atoms with Gasteiger partial charge in [-0.05, 0) is 36.6 Å². The molecule has 3 heteroatoms. The summed E-state index contributed by atoms with van der Waals surface area (Å²) in [6, 6.07) is 13.8. The molecule has 0 radical (unpaired) electrons. The van der Waals surface area contributed by atoms with E-state index in [4.69, 9.17) is 28.9 Å². The molecule has 0 aliphatic rings. The van der Waals surface area contributed by atoms with Gasteiger partial charge in [-0.15, -0.1) is 0 Å². The van der Waals surface area contributed by atoms with Crippen LogP contribution in [0.15, 0.2) is 42.5 Å². The maximum atomic E-state index is 6.19. The number of rotatable bonds is 3. The molecule has 0 saturated carbocycles. The molecular weight excluding hydrogens is 265 g/mol. The molecule has 2 rings (SSSR count). The average Bonchev–Trinajstić information content (AvgIpc) is 2.32. The number of hydrogen-bond acceptors (Lipinski definition) is 1. The van der Waals surface area contributed by atoms with Crippen molar-refractivity contribution < 1.29 is 0 Å². The Morgan fingerprint density at radius 2 is 1.83 bits per heavy atom. The standard InChI is InChI=1S/C15H15Cl2N/c1-10-3-2-4-11(7-10)8-15(18)12-5-6-13(16)14(17)9-12/h2-7,9,15H,8,18H2,1H3. The minimum absolute atomic E-state index is 0.0680. The zero-order chi connectivity index (χ0) is 13.1. The largest absolute Gasteiger partial charge is 0.324 e. The topological polar surface area (TPSA) is 26.0 Å². The Balaban J connectivity index is 2.16. The smallest absolute Gasteiger partial charge is 0.0595 e. The zero-order valence-electron chi connectivity index (χ0n) is 10.2. The van der Waals surface area contributed by atoms with Gasteiger partial charge in [0.1, 0.15) is 0 Å². The molecule has 1 atom stereocenters. The number of aryl methyl sites for hydroxylation is 1. The second kappa shape index (κ2) is 5.75. The van der Waals surface area contributed by atoms with E-state index in [1.54, 1.807) is 6.07 Å². The van der Waals surface area contributed by atoms with Gasteiger partial charge in [-0.25, -0.2) is 0 Å². The summed E-state index contributed by atoms with van der Waals surface area (Å²) < 4.78 is 0. The van der Waals surface area contributed by atoms with E-state index in [2.05, 4.69) is 25.1 Å². The minimum Gasteiger partial charge on any atom is -0.324 e. The summed E-state index contributed by atoms with van der Waals surface area (Å²) in [5.74, 6) is 0. The molecule has 2 N–H and O–H groups in total. The first-order valence-corrected chi connectivity index (χ1v) is 6.58. The van der Waals surface area contributed by atoms with Crippen LogP contribution in [0.1, 0.15) is 22.7 Å². The van der Waals surface area contributed by atoms with Crippen molar-refractivity contribution in [3.63, 3.8) is 0 Å². The first kappa shape index (κ1) is 13.4. The lowest BCUT2D eigenvalue weighted by Gasteiger charge is -2.13. The first-order chi connectivity index (χ1) is 8.56. The van der Waals surface area contributed by atoms with Crippen molar-refractivity contribution in [2.24, 2.45) is 5.73 Å². The van der Waals surface area contributed by atoms with E-state index < -0.39 is 0 Å². The van der Waals surface area contributed by atoms with Gasteiger partial charge in [0.15, 0.2) is 0 Å². The fraction of sp³-hybridized carbons (Fsp3) is 0.200. The Bertz CT molecular complexity index is 552. The van der Waals surface area contributed by atoms with Gasteiger partial charge < -0.3 is 5.73 Å². The van der Waals surface area contributed by atoms with Crippen molar-refractivity contribution in [3.8, 4) is 0 Å². The molecule has 0 amide bonds. The molecule has 94 valence electrons. The van der Waals surface area contributed by atoms with Crippen LogP contribution in [0.4, 0.5) is 0 Å². The van der Waals surface area contributed by atoms with Crippen molar-refractivity contribution in [1.29, 1.82) is 0 Å². The van der Waals surface area contributed by atoms with Crippen LogP contribution >= 0.6 is 23.2 Å². The molecule has 0 aliphatic heterocycles. The molecule has 1 nitrogen and oxygen atoms in total. The fourth-order valence-electron chi connectivity index (χ4n) is 1.95. The molecule has 0 heterocycles. The SMILES string of the molecule is Cc1cccc(CC(N)c2ccc(Cl)c(Cl)c2)c1. The minimum atomic E-state index is -0.0680. The molecular formula is C15H15Cl2N. The molecule has 0 bridgehead atoms. The second-order valence-electron chi connectivity index (χ2n) is 4.47. The summed E-state index contributed by atoms with van der Waals surface area (Å²) in [5.41, 5.74) is 9.67. The summed E-state index contributed by atoms with van der Waals surface area (Å²) in [7, 11) is 0. The summed E-state index contributed by atoms with van der Waals surface area (Å²) in [4.78, 5) is 0. The van der Waals surface area contributed by atoms with Gasteiger partial charge in [-0.3, -0.25) is 0 Å². The van der Waals surface area contributed by atoms with Gasteiger partial charge in [-0.2, -0.15) is 0 Å². The fourth-order valence-corrected chi connectivity index (χ4v) is 2.26. The number of nitrogens with two attached hydrogens (primary N) is 1. The van der Waals surface area contributed by atoms with Crippen LogP contribution in [0.3, 0.4) is 0 Å². The highest BCUT2D eigenvalue weighted by Gasteiger charge is 2.09. The normalized spacial score (nSPS) is 12.4. The highest BCUT2D eigenvalue weighted by molar-refractivity contribution is 6.42. The van der Waals surface area contributed by atoms with Crippen LogP contribution in [-0.4, -0.2) is 0 Å². The van der Waals surface area contributed by atoms with E-state index in [0.717, 1.165) is 12.0 Å². The second-order valence-corrected chi connectivity index (χ2v) is 5.29. The van der Waals surface area contributed by atoms with Crippen LogP contribution in [-0.2, 0) is 6.42 Å². The van der Waals surface area contributed by atoms with E-state index in [-0.39, 0.29) is 6.04 Å². The van der Waals surface area contributed by atoms with Crippen LogP contribution in [0, 0.1) is 6.92 Å². The van der Waals surface area contributed by atoms with E-state index in [9.17, 15) is 0 Å². The monoisotopic (exact) mass is 279 g/mol. The van der Waals surface area contributed by atoms with Crippen LogP contribution in [0.2, 0.25) is 10.0 Å². The molecule has 0 saturated heterocycles. The Labute approximate surface area is 118 Å². The van der Waals surface area contributed by atoms with Crippen LogP contribution < -0.4 is 5.73 Å². The molecule has 1 unspecified atom stereocenters. The van der Waals surface area contributed by atoms with Gasteiger partial charge in [0.25, 0.3) is 0 Å². The van der Waals surface area contributed by atoms with Crippen molar-refractivity contribution in [3.05, 3.63) is 69.2 Å². The van der Waals surface area contributed by atoms with Crippen LogP contribution in [0.5, 0.6) is 0 Å². The van der Waals surface area contributed by atoms with Gasteiger partial charge in [0.2, 0.25) is 0 Å². The lowest BCUT2D eigenvalue weighted by molar-refractivity contribution is 0.721. The summed E-state index contributed by atoms with van der Waals surface area (Å²) >= 11 is 11.9. The predicted octanol–water partition coefficient (Wildman–Crippen LogP) is 4.54. The molecule has 2 aromatic carbocycles. The number of benzene rings is 2. The van der Waals surface area contributed by atoms with Gasteiger partial charge in [0.05, 0.1) is 10.0 Å². The van der Waals surface area contributed by atoms with Crippen molar-refractivity contribution in [2.75, 3.05) is 0 Å². The highest BCUT2D eigenvalue weighted by Crippen LogP contribution is 2.26. The Morgan fingerprint density at radius 3 is 2.50 bits per heavy atom. The highest BCUT2D eigenvalue weighted by atomic mass is 35.5. The van der Waals surface area contributed by atoms with Gasteiger partial charge in [0, 0.05) is 6.04 Å². The summed E-state index contributed by atoms with van der Waals surface area (Å²) in [6.07, 6.45) is 0.791. The van der Waals surface area contributed by atoms with E-state index in [0.29, 0.717) is 10.0 Å². The van der Waals surface area contributed by atoms with E-state index >= 15 is 0 Å². The molecule has 2 aromatic rings. The van der Waals surface area contributed by atoms with Gasteiger partial charge in [-0.1, -0.05) is 59.1 Å². The Morgan fingerprint density at radius 1 is 1.06 bits per heavy atom. The molecule has 0 fully saturated rings. The van der Waals surface area contributed by atoms with Crippen molar-refractivity contribution in [1.82, 2.24) is 0 Å². The molecule has 18 heavy (non-hydrogen) atoms. The number of hydrogen-bond donors (Lipinski definition) is 1. The molecule has 0 aliphatic carbocycles. The third-order valence-corrected chi connectivity index (χ3v) is 3.65. The third-order valence-electron chi connectivity index (χ3n) is 2.91. The summed E-state index contributed by atoms with van der Waals surface area (Å²) in [5, 5.41) is 1.11. The lowest BCUT2D eigenvalue weighted by atomic mass is 9.99. The Hall–Kier alpha value is -1.02. The predicted molar refractivity (Wildman–Crippen MR) is 78.3 cm³/mol. The molecule has 0 aromatic heterocycles. The zero-order valence-corrected chi connectivity index (χ0v) is 11.7. The number of halogens is 2. The van der Waals surface area contributed by atoms with E-state index in [1.165, 1.54) is 11.1 Å². The van der Waals surface area contributed by atoms with Crippen LogP contribution in [0.25, 0.3) is 0 Å². The van der Waals surface area contributed by atoms with Gasteiger partial charge >= 0.3 is 0 Å². The average molecular weight is 280 g/mol. The quantitative estimate of drug-likeness (QED) is 0.877. The lowest BCUT2D eigenvalue weighted by Crippen LogP contribution is -2.13. The summed E-state index contributed by atoms with van der Waals surface area (Å²) in [6.45, 7) is 2.08. The van der Waals surface area contributed by atoms with Crippen molar-refractivity contribution in [2.45, 2.75) is 19.4 Å². The van der Waals surface area contributed by atoms with E-state index in [1.807, 2.05) is 18.2 Å². The maximum absolute atomic E-state index is 6.19. The first-order valence-electron chi connectivity index (χ1n) is 5.82. The third kappa shape index (κ3) is 3.26. The molecule has 0 spiro atoms.